The Kier molecular flexibility index (Phi) is 7.67. The Morgan fingerprint density at radius 2 is 2.14 bits per heavy atom. The fourth-order valence-electron chi connectivity index (χ4n) is 6.36. The summed E-state index contributed by atoms with van der Waals surface area (Å²) in [5.41, 5.74) is 3.05. The van der Waals surface area contributed by atoms with E-state index in [1.165, 1.54) is 5.56 Å². The number of halogens is 1. The molecule has 5 rings (SSSR count). The molecule has 0 saturated carbocycles. The van der Waals surface area contributed by atoms with Crippen molar-refractivity contribution in [3.63, 3.8) is 0 Å². The van der Waals surface area contributed by atoms with Gasteiger partial charge in [-0.1, -0.05) is 18.2 Å². The number of anilines is 2. The number of carboxylic acid groups (broad SMARTS) is 1. The number of likely N-dealkylation sites (N-methyl/N-ethyl adjacent to an activating group) is 1. The minimum Gasteiger partial charge on any atom is -0.481 e. The molecule has 2 fully saturated rings. The van der Waals surface area contributed by atoms with E-state index in [1.54, 1.807) is 0 Å². The molecule has 37 heavy (non-hydrogen) atoms. The highest BCUT2D eigenvalue weighted by Gasteiger charge is 2.47. The van der Waals surface area contributed by atoms with E-state index >= 15 is 4.39 Å². The van der Waals surface area contributed by atoms with Crippen LogP contribution in [0.5, 0.6) is 0 Å². The Bertz CT molecular complexity index is 1110. The van der Waals surface area contributed by atoms with Gasteiger partial charge in [-0.25, -0.2) is 9.37 Å². The Morgan fingerprint density at radius 3 is 2.95 bits per heavy atom. The number of nitrogens with zero attached hydrogens (tertiary/aromatic N) is 3. The fraction of sp³-hybridized carbons (Fsp3) is 0.586. The lowest BCUT2D eigenvalue weighted by Gasteiger charge is -2.35. The zero-order chi connectivity index (χ0) is 25.9. The number of fused-ring (bicyclic) bond motifs is 1. The molecule has 2 unspecified atom stereocenters. The molecule has 4 heterocycles. The number of pyridine rings is 1. The first-order valence-corrected chi connectivity index (χ1v) is 13.7. The van der Waals surface area contributed by atoms with E-state index < -0.39 is 11.6 Å². The van der Waals surface area contributed by atoms with Gasteiger partial charge in [-0.3, -0.25) is 4.79 Å². The third-order valence-electron chi connectivity index (χ3n) is 8.35. The molecule has 0 spiro atoms. The number of quaternary nitrogens is 1. The van der Waals surface area contributed by atoms with E-state index in [2.05, 4.69) is 35.5 Å². The second-order valence-electron chi connectivity index (χ2n) is 11.4. The van der Waals surface area contributed by atoms with Gasteiger partial charge in [0, 0.05) is 43.4 Å². The Hall–Kier alpha value is -2.71. The molecule has 0 aliphatic carbocycles. The normalized spacial score (nSPS) is 26.4. The predicted molar refractivity (Wildman–Crippen MR) is 143 cm³/mol. The predicted octanol–water partition coefficient (Wildman–Crippen LogP) is 4.03. The van der Waals surface area contributed by atoms with Crippen molar-refractivity contribution in [1.29, 1.82) is 0 Å². The zero-order valence-corrected chi connectivity index (χ0v) is 21.9. The third-order valence-corrected chi connectivity index (χ3v) is 8.35. The van der Waals surface area contributed by atoms with Gasteiger partial charge in [0.1, 0.15) is 12.4 Å². The minimum absolute atomic E-state index is 0.0474. The van der Waals surface area contributed by atoms with Crippen LogP contribution in [-0.4, -0.2) is 85.7 Å². The van der Waals surface area contributed by atoms with Crippen LogP contribution in [-0.2, 0) is 22.4 Å². The smallest absolute Gasteiger partial charge is 0.304 e. The SMILES string of the molecule is C[N+]1(CC(CC(=O)O)c2cccc(N3CCOCC3)c2)CC[C@@](F)(CCc2ccc3c(n2)NCCC3)C1. The molecule has 1 aromatic heterocycles. The molecule has 2 N–H and O–H groups in total. The number of hydrogen-bond donors (Lipinski definition) is 2. The molecular weight excluding hydrogens is 471 g/mol. The molecule has 7 nitrogen and oxygen atoms in total. The summed E-state index contributed by atoms with van der Waals surface area (Å²) in [7, 11) is 2.09. The molecule has 8 heteroatoms. The van der Waals surface area contributed by atoms with Gasteiger partial charge >= 0.3 is 5.97 Å². The van der Waals surface area contributed by atoms with Gasteiger partial charge < -0.3 is 24.5 Å². The molecule has 0 amide bonds. The van der Waals surface area contributed by atoms with Crippen molar-refractivity contribution in [2.24, 2.45) is 0 Å². The summed E-state index contributed by atoms with van der Waals surface area (Å²) in [6, 6.07) is 12.4. The van der Waals surface area contributed by atoms with Crippen molar-refractivity contribution in [3.05, 3.63) is 53.2 Å². The van der Waals surface area contributed by atoms with E-state index in [-0.39, 0.29) is 12.3 Å². The second-order valence-corrected chi connectivity index (χ2v) is 11.4. The van der Waals surface area contributed by atoms with Gasteiger partial charge in [0.25, 0.3) is 0 Å². The van der Waals surface area contributed by atoms with E-state index in [0.717, 1.165) is 61.8 Å². The molecule has 3 aliphatic heterocycles. The van der Waals surface area contributed by atoms with Crippen LogP contribution in [0.15, 0.2) is 36.4 Å². The highest BCUT2D eigenvalue weighted by molar-refractivity contribution is 5.68. The molecule has 3 atom stereocenters. The quantitative estimate of drug-likeness (QED) is 0.496. The lowest BCUT2D eigenvalue weighted by molar-refractivity contribution is -0.901. The van der Waals surface area contributed by atoms with Crippen LogP contribution in [0.4, 0.5) is 15.9 Å². The van der Waals surface area contributed by atoms with Crippen molar-refractivity contribution in [2.45, 2.75) is 50.1 Å². The topological polar surface area (TPSA) is 74.7 Å². The molecule has 0 bridgehead atoms. The molecule has 200 valence electrons. The maximum absolute atomic E-state index is 16.1. The minimum atomic E-state index is -1.26. The van der Waals surface area contributed by atoms with Gasteiger partial charge in [0.05, 0.1) is 39.8 Å². The highest BCUT2D eigenvalue weighted by atomic mass is 19.1. The molecule has 2 saturated heterocycles. The van der Waals surface area contributed by atoms with Gasteiger partial charge in [-0.2, -0.15) is 0 Å². The number of alkyl halides is 1. The zero-order valence-electron chi connectivity index (χ0n) is 21.9. The van der Waals surface area contributed by atoms with Gasteiger partial charge in [0.2, 0.25) is 0 Å². The van der Waals surface area contributed by atoms with Gasteiger partial charge in [0.15, 0.2) is 5.67 Å². The molecule has 3 aliphatic rings. The summed E-state index contributed by atoms with van der Waals surface area (Å²) < 4.78 is 22.1. The summed E-state index contributed by atoms with van der Waals surface area (Å²) in [4.78, 5) is 18.9. The lowest BCUT2D eigenvalue weighted by atomic mass is 9.93. The largest absolute Gasteiger partial charge is 0.481 e. The van der Waals surface area contributed by atoms with Crippen LogP contribution in [0.25, 0.3) is 0 Å². The third kappa shape index (κ3) is 6.41. The molecule has 0 radical (unpaired) electrons. The van der Waals surface area contributed by atoms with Crippen LogP contribution in [0, 0.1) is 0 Å². The van der Waals surface area contributed by atoms with E-state index in [0.29, 0.717) is 50.0 Å². The van der Waals surface area contributed by atoms with E-state index in [1.807, 2.05) is 18.2 Å². The van der Waals surface area contributed by atoms with Crippen molar-refractivity contribution < 1.29 is 23.5 Å². The first-order valence-electron chi connectivity index (χ1n) is 13.7. The number of aliphatic carboxylic acids is 1. The van der Waals surface area contributed by atoms with Crippen LogP contribution in [0.3, 0.4) is 0 Å². The number of nitrogens with one attached hydrogen (secondary N) is 1. The van der Waals surface area contributed by atoms with E-state index in [4.69, 9.17) is 9.72 Å². The van der Waals surface area contributed by atoms with Crippen molar-refractivity contribution >= 4 is 17.5 Å². The van der Waals surface area contributed by atoms with Crippen LogP contribution in [0.1, 0.15) is 48.4 Å². The number of aryl methyl sites for hydroxylation is 2. The fourth-order valence-corrected chi connectivity index (χ4v) is 6.36. The van der Waals surface area contributed by atoms with Crippen LogP contribution < -0.4 is 10.2 Å². The van der Waals surface area contributed by atoms with Crippen LogP contribution in [0.2, 0.25) is 0 Å². The summed E-state index contributed by atoms with van der Waals surface area (Å²) in [5, 5.41) is 13.1. The van der Waals surface area contributed by atoms with Crippen molar-refractivity contribution in [3.8, 4) is 0 Å². The molecular formula is C29H40FN4O3+. The number of rotatable bonds is 9. The van der Waals surface area contributed by atoms with Gasteiger partial charge in [-0.15, -0.1) is 0 Å². The Balaban J connectivity index is 1.25. The number of carbonyl (C=O) groups is 1. The monoisotopic (exact) mass is 511 g/mol. The number of ether oxygens (including phenoxy) is 1. The summed E-state index contributed by atoms with van der Waals surface area (Å²) >= 11 is 0. The van der Waals surface area contributed by atoms with Gasteiger partial charge in [-0.05, 0) is 55.0 Å². The first kappa shape index (κ1) is 25.9. The standard InChI is InChI=1S/C29H39FN4O3/c1-34(15-11-29(30,21-34)10-9-25-8-7-22-5-3-12-31-28(22)32-25)20-24(19-27(35)36)23-4-2-6-26(18-23)33-13-16-37-17-14-33/h2,4,6-8,18,24H,3,5,9-17,19-21H2,1H3,(H-,31,32,35,36)/p+1/t24?,29-,34?/m0/s1. The average molecular weight is 512 g/mol. The van der Waals surface area contributed by atoms with E-state index in [9.17, 15) is 9.90 Å². The number of aromatic nitrogens is 1. The Morgan fingerprint density at radius 1 is 1.30 bits per heavy atom. The summed E-state index contributed by atoms with van der Waals surface area (Å²) in [6.07, 6.45) is 3.78. The number of likely N-dealkylation sites (tertiary alicyclic amines) is 1. The number of carboxylic acids is 1. The summed E-state index contributed by atoms with van der Waals surface area (Å²) in [6.45, 7) is 5.76. The Labute approximate surface area is 219 Å². The van der Waals surface area contributed by atoms with Crippen molar-refractivity contribution in [1.82, 2.24) is 4.98 Å². The highest BCUT2D eigenvalue weighted by Crippen LogP contribution is 2.37. The number of hydrogen-bond acceptors (Lipinski definition) is 5. The maximum atomic E-state index is 16.1. The second kappa shape index (κ2) is 11.0. The number of benzene rings is 1. The lowest BCUT2D eigenvalue weighted by Crippen LogP contribution is -2.47. The molecule has 1 aromatic carbocycles. The summed E-state index contributed by atoms with van der Waals surface area (Å²) in [5.74, 6) is -0.0232. The molecule has 2 aromatic rings. The van der Waals surface area contributed by atoms with Crippen LogP contribution >= 0.6 is 0 Å². The number of morpholine rings is 1. The average Bonchev–Trinajstić information content (AvgIpc) is 3.22. The van der Waals surface area contributed by atoms with Crippen molar-refractivity contribution in [2.75, 3.05) is 69.7 Å². The maximum Gasteiger partial charge on any atom is 0.304 e. The first-order chi connectivity index (χ1) is 17.8.